The van der Waals surface area contributed by atoms with Crippen LogP contribution in [0.15, 0.2) is 30.3 Å². The standard InChI is InChI=1S/C14H15F6NO3/c1-2-3-9-23-11(22)21-12(13(15,16)17,14(18,19)20)24-10-7-5-4-6-8-10/h4-8H,2-3,9H2,1H3,(H,21,22). The van der Waals surface area contributed by atoms with E-state index in [1.54, 1.807) is 6.92 Å². The summed E-state index contributed by atoms with van der Waals surface area (Å²) in [6.07, 6.45) is -13.0. The molecule has 0 radical (unpaired) electrons. The number of unbranched alkanes of at least 4 members (excludes halogenated alkanes) is 1. The van der Waals surface area contributed by atoms with Gasteiger partial charge < -0.3 is 9.47 Å². The molecule has 0 atom stereocenters. The second kappa shape index (κ2) is 7.63. The van der Waals surface area contributed by atoms with Crippen LogP contribution in [-0.4, -0.2) is 30.8 Å². The minimum absolute atomic E-state index is 0.290. The lowest BCUT2D eigenvalue weighted by Crippen LogP contribution is -2.71. The molecule has 0 aromatic heterocycles. The van der Waals surface area contributed by atoms with E-state index in [9.17, 15) is 31.1 Å². The van der Waals surface area contributed by atoms with E-state index in [-0.39, 0.29) is 13.0 Å². The number of benzene rings is 1. The summed E-state index contributed by atoms with van der Waals surface area (Å²) in [7, 11) is 0. The summed E-state index contributed by atoms with van der Waals surface area (Å²) in [5.74, 6) is -0.721. The Morgan fingerprint density at radius 1 is 1.04 bits per heavy atom. The summed E-state index contributed by atoms with van der Waals surface area (Å²) in [4.78, 5) is 11.4. The number of alkyl carbamates (subject to hydrolysis) is 1. The first-order valence-corrected chi connectivity index (χ1v) is 6.86. The molecule has 0 heterocycles. The normalized spacial score (nSPS) is 12.6. The molecule has 0 bridgehead atoms. The van der Waals surface area contributed by atoms with Gasteiger partial charge >= 0.3 is 24.2 Å². The van der Waals surface area contributed by atoms with Crippen LogP contribution >= 0.6 is 0 Å². The minimum atomic E-state index is -5.98. The Bertz CT molecular complexity index is 516. The van der Waals surface area contributed by atoms with Crippen LogP contribution in [0.5, 0.6) is 5.75 Å². The molecular formula is C14H15F6NO3. The number of halogens is 6. The van der Waals surface area contributed by atoms with Crippen molar-refractivity contribution < 1.29 is 40.6 Å². The highest BCUT2D eigenvalue weighted by atomic mass is 19.4. The van der Waals surface area contributed by atoms with Gasteiger partial charge in [-0.3, -0.25) is 5.32 Å². The van der Waals surface area contributed by atoms with Crippen molar-refractivity contribution in [3.05, 3.63) is 30.3 Å². The monoisotopic (exact) mass is 359 g/mol. The van der Waals surface area contributed by atoms with E-state index in [2.05, 4.69) is 9.47 Å². The summed E-state index contributed by atoms with van der Waals surface area (Å²) in [6, 6.07) is 5.55. The van der Waals surface area contributed by atoms with E-state index in [1.165, 1.54) is 18.2 Å². The molecule has 1 aromatic carbocycles. The highest BCUT2D eigenvalue weighted by Crippen LogP contribution is 2.44. The molecule has 136 valence electrons. The van der Waals surface area contributed by atoms with Crippen LogP contribution in [0, 0.1) is 0 Å². The molecule has 0 spiro atoms. The van der Waals surface area contributed by atoms with Crippen LogP contribution < -0.4 is 10.1 Å². The Balaban J connectivity index is 3.16. The van der Waals surface area contributed by atoms with Gasteiger partial charge in [-0.1, -0.05) is 31.5 Å². The van der Waals surface area contributed by atoms with Crippen molar-refractivity contribution >= 4 is 6.09 Å². The predicted molar refractivity (Wildman–Crippen MR) is 71.3 cm³/mol. The van der Waals surface area contributed by atoms with Gasteiger partial charge in [0.05, 0.1) is 6.61 Å². The number of amides is 1. The number of nitrogens with one attached hydrogen (secondary N) is 1. The van der Waals surface area contributed by atoms with Gasteiger partial charge in [0.1, 0.15) is 5.75 Å². The lowest BCUT2D eigenvalue weighted by atomic mass is 10.2. The number of carbonyl (C=O) groups excluding carboxylic acids is 1. The third-order valence-corrected chi connectivity index (χ3v) is 2.82. The maximum absolute atomic E-state index is 13.2. The average molecular weight is 359 g/mol. The van der Waals surface area contributed by atoms with Crippen LogP contribution in [0.25, 0.3) is 0 Å². The van der Waals surface area contributed by atoms with Gasteiger partial charge in [-0.15, -0.1) is 0 Å². The van der Waals surface area contributed by atoms with Gasteiger partial charge in [0.2, 0.25) is 0 Å². The van der Waals surface area contributed by atoms with E-state index >= 15 is 0 Å². The van der Waals surface area contributed by atoms with Crippen LogP contribution in [0.1, 0.15) is 19.8 Å². The Hall–Kier alpha value is -2.13. The van der Waals surface area contributed by atoms with Crippen molar-refractivity contribution in [2.24, 2.45) is 0 Å². The van der Waals surface area contributed by atoms with E-state index in [0.29, 0.717) is 6.42 Å². The third-order valence-electron chi connectivity index (χ3n) is 2.82. The Morgan fingerprint density at radius 2 is 1.58 bits per heavy atom. The van der Waals surface area contributed by atoms with Gasteiger partial charge in [0, 0.05) is 0 Å². The minimum Gasteiger partial charge on any atom is -0.451 e. The van der Waals surface area contributed by atoms with E-state index < -0.39 is 29.9 Å². The number of carbonyl (C=O) groups is 1. The second-order valence-corrected chi connectivity index (χ2v) is 4.71. The molecule has 0 fully saturated rings. The van der Waals surface area contributed by atoms with E-state index in [0.717, 1.165) is 17.4 Å². The van der Waals surface area contributed by atoms with Gasteiger partial charge in [-0.05, 0) is 18.6 Å². The Kier molecular flexibility index (Phi) is 6.33. The average Bonchev–Trinajstić information content (AvgIpc) is 2.45. The maximum atomic E-state index is 13.2. The fourth-order valence-corrected chi connectivity index (χ4v) is 1.60. The lowest BCUT2D eigenvalue weighted by Gasteiger charge is -2.37. The van der Waals surface area contributed by atoms with Gasteiger partial charge in [0.15, 0.2) is 0 Å². The zero-order valence-electron chi connectivity index (χ0n) is 12.5. The Labute approximate surface area is 133 Å². The quantitative estimate of drug-likeness (QED) is 0.465. The predicted octanol–water partition coefficient (Wildman–Crippen LogP) is 4.41. The fraction of sp³-hybridized carbons (Fsp3) is 0.500. The highest BCUT2D eigenvalue weighted by molar-refractivity contribution is 5.68. The second-order valence-electron chi connectivity index (χ2n) is 4.71. The molecule has 0 aliphatic carbocycles. The van der Waals surface area contributed by atoms with Crippen molar-refractivity contribution in [3.8, 4) is 5.75 Å². The zero-order chi connectivity index (χ0) is 18.4. The fourth-order valence-electron chi connectivity index (χ4n) is 1.60. The number of ether oxygens (including phenoxy) is 2. The van der Waals surface area contributed by atoms with Crippen LogP contribution in [0.4, 0.5) is 31.1 Å². The molecule has 0 saturated heterocycles. The third kappa shape index (κ3) is 4.68. The molecule has 0 aliphatic rings. The van der Waals surface area contributed by atoms with Crippen molar-refractivity contribution in [2.45, 2.75) is 37.8 Å². The molecule has 24 heavy (non-hydrogen) atoms. The summed E-state index contributed by atoms with van der Waals surface area (Å²) in [5, 5.41) is 0.784. The Morgan fingerprint density at radius 3 is 2.04 bits per heavy atom. The topological polar surface area (TPSA) is 47.6 Å². The summed E-state index contributed by atoms with van der Waals surface area (Å²) >= 11 is 0. The molecule has 0 unspecified atom stereocenters. The van der Waals surface area contributed by atoms with Crippen molar-refractivity contribution in [1.82, 2.24) is 5.32 Å². The van der Waals surface area contributed by atoms with Crippen LogP contribution in [0.3, 0.4) is 0 Å². The highest BCUT2D eigenvalue weighted by Gasteiger charge is 2.75. The van der Waals surface area contributed by atoms with Crippen LogP contribution in [0.2, 0.25) is 0 Å². The zero-order valence-corrected chi connectivity index (χ0v) is 12.5. The molecule has 1 amide bonds. The van der Waals surface area contributed by atoms with Crippen molar-refractivity contribution in [1.29, 1.82) is 0 Å². The summed E-state index contributed by atoms with van der Waals surface area (Å²) in [5.41, 5.74) is -4.93. The number of hydrogen-bond acceptors (Lipinski definition) is 3. The molecule has 1 N–H and O–H groups in total. The van der Waals surface area contributed by atoms with E-state index in [1.807, 2.05) is 0 Å². The largest absolute Gasteiger partial charge is 0.458 e. The number of alkyl halides is 6. The molecule has 0 aliphatic heterocycles. The number of para-hydroxylation sites is 1. The first-order chi connectivity index (χ1) is 11.0. The first-order valence-electron chi connectivity index (χ1n) is 6.86. The molecule has 0 saturated carbocycles. The van der Waals surface area contributed by atoms with Gasteiger partial charge in [0.25, 0.3) is 0 Å². The molecule has 4 nitrogen and oxygen atoms in total. The van der Waals surface area contributed by atoms with Crippen LogP contribution in [-0.2, 0) is 4.74 Å². The lowest BCUT2D eigenvalue weighted by molar-refractivity contribution is -0.365. The number of hydrogen-bond donors (Lipinski definition) is 1. The summed E-state index contributed by atoms with van der Waals surface area (Å²) in [6.45, 7) is 1.38. The first kappa shape index (κ1) is 19.9. The van der Waals surface area contributed by atoms with E-state index in [4.69, 9.17) is 0 Å². The molecule has 1 aromatic rings. The smallest absolute Gasteiger partial charge is 0.451 e. The SMILES string of the molecule is CCCCOC(=O)NC(Oc1ccccc1)(C(F)(F)F)C(F)(F)F. The maximum Gasteiger partial charge on any atom is 0.458 e. The van der Waals surface area contributed by atoms with Crippen molar-refractivity contribution in [3.63, 3.8) is 0 Å². The van der Waals surface area contributed by atoms with Crippen molar-refractivity contribution in [2.75, 3.05) is 6.61 Å². The summed E-state index contributed by atoms with van der Waals surface area (Å²) < 4.78 is 87.6. The molecular weight excluding hydrogens is 344 g/mol. The number of rotatable bonds is 6. The molecule has 1 rings (SSSR count). The van der Waals surface area contributed by atoms with Gasteiger partial charge in [-0.2, -0.15) is 26.3 Å². The van der Waals surface area contributed by atoms with Gasteiger partial charge in [-0.25, -0.2) is 4.79 Å². The molecule has 10 heteroatoms.